The predicted octanol–water partition coefficient (Wildman–Crippen LogP) is 2.70. The summed E-state index contributed by atoms with van der Waals surface area (Å²) in [6, 6.07) is 6.78. The number of carboxylic acids is 2. The van der Waals surface area contributed by atoms with Gasteiger partial charge in [-0.15, -0.1) is 0 Å². The lowest BCUT2D eigenvalue weighted by Crippen LogP contribution is -2.13. The zero-order valence-electron chi connectivity index (χ0n) is 11.8. The number of aryl methyl sites for hydroxylation is 1. The van der Waals surface area contributed by atoms with Crippen molar-refractivity contribution < 1.29 is 24.6 Å². The molecule has 0 saturated carbocycles. The maximum Gasteiger partial charge on any atom is 0.343 e. The van der Waals surface area contributed by atoms with Crippen molar-refractivity contribution in [3.8, 4) is 0 Å². The van der Waals surface area contributed by atoms with Crippen LogP contribution in [-0.2, 0) is 16.0 Å². The second kappa shape index (κ2) is 7.99. The van der Waals surface area contributed by atoms with E-state index in [0.717, 1.165) is 31.2 Å². The first kappa shape index (κ1) is 16.6. The van der Waals surface area contributed by atoms with E-state index in [0.29, 0.717) is 6.08 Å². The van der Waals surface area contributed by atoms with Crippen molar-refractivity contribution in [2.24, 2.45) is 0 Å². The second-order valence-electron chi connectivity index (χ2n) is 4.69. The fourth-order valence-corrected chi connectivity index (χ4v) is 1.84. The van der Waals surface area contributed by atoms with Crippen LogP contribution in [0.5, 0.6) is 0 Å². The number of carbonyl (C=O) groups is 3. The number of hydrogen-bond acceptors (Lipinski definition) is 3. The number of carboxylic acid groups (broad SMARTS) is 2. The molecule has 5 nitrogen and oxygen atoms in total. The number of allylic oxidation sites excluding steroid dienone is 1. The van der Waals surface area contributed by atoms with Gasteiger partial charge in [0.1, 0.15) is 5.57 Å². The van der Waals surface area contributed by atoms with Crippen LogP contribution >= 0.6 is 0 Å². The molecule has 0 amide bonds. The van der Waals surface area contributed by atoms with Crippen LogP contribution in [0.25, 0.3) is 0 Å². The van der Waals surface area contributed by atoms with Gasteiger partial charge in [-0.25, -0.2) is 9.59 Å². The van der Waals surface area contributed by atoms with Gasteiger partial charge in [-0.05, 0) is 18.4 Å². The molecule has 1 aromatic rings. The van der Waals surface area contributed by atoms with E-state index >= 15 is 0 Å². The summed E-state index contributed by atoms with van der Waals surface area (Å²) in [4.78, 5) is 33.2. The van der Waals surface area contributed by atoms with Crippen LogP contribution in [0.3, 0.4) is 0 Å². The van der Waals surface area contributed by atoms with Crippen LogP contribution in [0.4, 0.5) is 0 Å². The van der Waals surface area contributed by atoms with E-state index in [4.69, 9.17) is 10.2 Å². The number of aliphatic carboxylic acids is 2. The smallest absolute Gasteiger partial charge is 0.343 e. The number of benzene rings is 1. The maximum atomic E-state index is 11.8. The van der Waals surface area contributed by atoms with E-state index in [9.17, 15) is 14.4 Å². The largest absolute Gasteiger partial charge is 0.477 e. The third-order valence-corrected chi connectivity index (χ3v) is 3.04. The molecule has 0 unspecified atom stereocenters. The minimum Gasteiger partial charge on any atom is -0.477 e. The van der Waals surface area contributed by atoms with Crippen molar-refractivity contribution in [2.45, 2.75) is 32.6 Å². The Balaban J connectivity index is 2.81. The van der Waals surface area contributed by atoms with Crippen LogP contribution in [-0.4, -0.2) is 27.9 Å². The summed E-state index contributed by atoms with van der Waals surface area (Å²) in [5, 5.41) is 17.4. The average molecular weight is 290 g/mol. The van der Waals surface area contributed by atoms with Gasteiger partial charge in [-0.3, -0.25) is 4.79 Å². The van der Waals surface area contributed by atoms with Gasteiger partial charge < -0.3 is 10.2 Å². The minimum atomic E-state index is -1.63. The maximum absolute atomic E-state index is 11.8. The van der Waals surface area contributed by atoms with Crippen LogP contribution in [0, 0.1) is 0 Å². The van der Waals surface area contributed by atoms with Crippen molar-refractivity contribution in [2.75, 3.05) is 0 Å². The molecule has 0 atom stereocenters. The summed E-state index contributed by atoms with van der Waals surface area (Å²) >= 11 is 0. The molecule has 5 heteroatoms. The lowest BCUT2D eigenvalue weighted by atomic mass is 10.0. The zero-order chi connectivity index (χ0) is 15.8. The Kier molecular flexibility index (Phi) is 6.33. The predicted molar refractivity (Wildman–Crippen MR) is 77.4 cm³/mol. The Hall–Kier alpha value is -2.43. The van der Waals surface area contributed by atoms with Crippen molar-refractivity contribution in [3.05, 3.63) is 47.0 Å². The molecule has 2 N–H and O–H groups in total. The van der Waals surface area contributed by atoms with Gasteiger partial charge in [0, 0.05) is 11.6 Å². The first-order valence-corrected chi connectivity index (χ1v) is 6.77. The molecular formula is C16H18O5. The van der Waals surface area contributed by atoms with E-state index in [1.54, 1.807) is 24.3 Å². The Bertz CT molecular complexity index is 539. The fourth-order valence-electron chi connectivity index (χ4n) is 1.84. The first-order valence-electron chi connectivity index (χ1n) is 6.77. The molecule has 0 aliphatic rings. The molecule has 0 heterocycles. The SMILES string of the molecule is CCCCCc1ccc(C(=O)C=C(C(=O)O)C(=O)O)cc1. The van der Waals surface area contributed by atoms with Gasteiger partial charge >= 0.3 is 11.9 Å². The summed E-state index contributed by atoms with van der Waals surface area (Å²) in [6.07, 6.45) is 4.91. The number of carbonyl (C=O) groups excluding carboxylic acids is 1. The van der Waals surface area contributed by atoms with E-state index < -0.39 is 23.3 Å². The Morgan fingerprint density at radius 1 is 1.00 bits per heavy atom. The highest BCUT2D eigenvalue weighted by atomic mass is 16.4. The Morgan fingerprint density at radius 3 is 2.05 bits per heavy atom. The molecular weight excluding hydrogens is 272 g/mol. The highest BCUT2D eigenvalue weighted by molar-refractivity contribution is 6.19. The van der Waals surface area contributed by atoms with Crippen molar-refractivity contribution >= 4 is 17.7 Å². The van der Waals surface area contributed by atoms with Gasteiger partial charge in [0.2, 0.25) is 0 Å². The van der Waals surface area contributed by atoms with E-state index in [1.165, 1.54) is 0 Å². The topological polar surface area (TPSA) is 91.7 Å². The molecule has 0 saturated heterocycles. The van der Waals surface area contributed by atoms with Crippen LogP contribution in [0.2, 0.25) is 0 Å². The van der Waals surface area contributed by atoms with Crippen LogP contribution in [0.15, 0.2) is 35.9 Å². The number of unbranched alkanes of at least 4 members (excludes halogenated alkanes) is 2. The minimum absolute atomic E-state index is 0.272. The van der Waals surface area contributed by atoms with Crippen LogP contribution < -0.4 is 0 Å². The quantitative estimate of drug-likeness (QED) is 0.252. The summed E-state index contributed by atoms with van der Waals surface area (Å²) in [5.41, 5.74) is 0.432. The van der Waals surface area contributed by atoms with Gasteiger partial charge in [0.15, 0.2) is 5.78 Å². The van der Waals surface area contributed by atoms with Gasteiger partial charge in [0.25, 0.3) is 0 Å². The second-order valence-corrected chi connectivity index (χ2v) is 4.69. The molecule has 0 bridgehead atoms. The third kappa shape index (κ3) is 5.22. The van der Waals surface area contributed by atoms with Crippen molar-refractivity contribution in [1.82, 2.24) is 0 Å². The normalized spacial score (nSPS) is 9.95. The molecule has 21 heavy (non-hydrogen) atoms. The molecule has 1 aromatic carbocycles. The monoisotopic (exact) mass is 290 g/mol. The lowest BCUT2D eigenvalue weighted by molar-refractivity contribution is -0.140. The van der Waals surface area contributed by atoms with E-state index in [2.05, 4.69) is 6.92 Å². The first-order chi connectivity index (χ1) is 9.95. The molecule has 0 radical (unpaired) electrons. The van der Waals surface area contributed by atoms with Crippen molar-refractivity contribution in [1.29, 1.82) is 0 Å². The Labute approximate surface area is 122 Å². The molecule has 0 aromatic heterocycles. The lowest BCUT2D eigenvalue weighted by Gasteiger charge is -2.02. The zero-order valence-corrected chi connectivity index (χ0v) is 11.8. The number of rotatable bonds is 8. The van der Waals surface area contributed by atoms with E-state index in [-0.39, 0.29) is 5.56 Å². The summed E-state index contributed by atoms with van der Waals surface area (Å²) in [7, 11) is 0. The average Bonchev–Trinajstić information content (AvgIpc) is 2.44. The molecule has 0 aliphatic carbocycles. The van der Waals surface area contributed by atoms with Gasteiger partial charge in [-0.1, -0.05) is 44.0 Å². The number of ketones is 1. The number of hydrogen-bond donors (Lipinski definition) is 2. The molecule has 112 valence electrons. The molecule has 0 fully saturated rings. The standard InChI is InChI=1S/C16H18O5/c1-2-3-4-5-11-6-8-12(9-7-11)14(17)10-13(15(18)19)16(20)21/h6-10H,2-5H2,1H3,(H,18,19)(H,20,21). The summed E-state index contributed by atoms with van der Waals surface area (Å²) < 4.78 is 0. The van der Waals surface area contributed by atoms with E-state index in [1.807, 2.05) is 0 Å². The van der Waals surface area contributed by atoms with Gasteiger partial charge in [0.05, 0.1) is 0 Å². The molecule has 0 spiro atoms. The summed E-state index contributed by atoms with van der Waals surface area (Å²) in [6.45, 7) is 2.12. The molecule has 0 aliphatic heterocycles. The van der Waals surface area contributed by atoms with Crippen molar-refractivity contribution in [3.63, 3.8) is 0 Å². The summed E-state index contributed by atoms with van der Waals surface area (Å²) in [5.74, 6) is -3.89. The fraction of sp³-hybridized carbons (Fsp3) is 0.312. The third-order valence-electron chi connectivity index (χ3n) is 3.04. The molecule has 1 rings (SSSR count). The highest BCUT2D eigenvalue weighted by Gasteiger charge is 2.18. The highest BCUT2D eigenvalue weighted by Crippen LogP contribution is 2.11. The van der Waals surface area contributed by atoms with Gasteiger partial charge in [-0.2, -0.15) is 0 Å². The Morgan fingerprint density at radius 2 is 1.57 bits per heavy atom. The van der Waals surface area contributed by atoms with Crippen LogP contribution in [0.1, 0.15) is 42.1 Å².